The number of carbonyl (C=O) groups excluding carboxylic acids is 1. The van der Waals surface area contributed by atoms with Crippen LogP contribution in [0.1, 0.15) is 18.1 Å². The Kier molecular flexibility index (Phi) is 4.64. The molecule has 19 heavy (non-hydrogen) atoms. The van der Waals surface area contributed by atoms with Gasteiger partial charge in [0, 0.05) is 0 Å². The monoisotopic (exact) mass is 282 g/mol. The first-order valence-electron chi connectivity index (χ1n) is 5.42. The molecule has 1 N–H and O–H groups in total. The van der Waals surface area contributed by atoms with E-state index in [1.165, 1.54) is 32.2 Å². The molecule has 0 unspecified atom stereocenters. The Bertz CT molecular complexity index is 632. The lowest BCUT2D eigenvalue weighted by molar-refractivity contribution is -0.142. The summed E-state index contributed by atoms with van der Waals surface area (Å²) in [7, 11) is -2.70. The zero-order chi connectivity index (χ0) is 14.6. The molecule has 0 radical (unpaired) electrons. The smallest absolute Gasteiger partial charge is 0.323 e. The Labute approximate surface area is 112 Å². The lowest BCUT2D eigenvalue weighted by atomic mass is 10.2. The van der Waals surface area contributed by atoms with E-state index in [1.807, 2.05) is 6.07 Å². The van der Waals surface area contributed by atoms with Crippen LogP contribution in [-0.4, -0.2) is 27.5 Å². The third-order valence-electron chi connectivity index (χ3n) is 2.49. The van der Waals surface area contributed by atoms with Crippen LogP contribution < -0.4 is 4.72 Å². The molecule has 0 aliphatic rings. The number of hydrogen-bond donors (Lipinski definition) is 1. The van der Waals surface area contributed by atoms with Crippen molar-refractivity contribution in [1.82, 2.24) is 4.72 Å². The number of carbonyl (C=O) groups is 1. The molecule has 1 rings (SSSR count). The largest absolute Gasteiger partial charge is 0.468 e. The van der Waals surface area contributed by atoms with Crippen molar-refractivity contribution in [2.75, 3.05) is 7.11 Å². The van der Waals surface area contributed by atoms with Crippen molar-refractivity contribution in [3.8, 4) is 6.07 Å². The van der Waals surface area contributed by atoms with Gasteiger partial charge in [-0.1, -0.05) is 6.07 Å². The van der Waals surface area contributed by atoms with Gasteiger partial charge >= 0.3 is 5.97 Å². The van der Waals surface area contributed by atoms with E-state index >= 15 is 0 Å². The molecule has 0 aliphatic carbocycles. The van der Waals surface area contributed by atoms with E-state index in [0.29, 0.717) is 5.56 Å². The summed E-state index contributed by atoms with van der Waals surface area (Å²) in [6.45, 7) is 2.99. The minimum absolute atomic E-state index is 0.0256. The van der Waals surface area contributed by atoms with Crippen LogP contribution in [0.25, 0.3) is 0 Å². The number of ether oxygens (including phenoxy) is 1. The molecule has 1 aromatic rings. The van der Waals surface area contributed by atoms with Crippen molar-refractivity contribution < 1.29 is 17.9 Å². The normalized spacial score (nSPS) is 12.5. The molecule has 1 aromatic carbocycles. The van der Waals surface area contributed by atoms with Crippen molar-refractivity contribution >= 4 is 16.0 Å². The lowest BCUT2D eigenvalue weighted by Gasteiger charge is -2.13. The number of nitrogens with zero attached hydrogens (tertiary/aromatic N) is 1. The molecule has 1 atom stereocenters. The molecule has 102 valence electrons. The van der Waals surface area contributed by atoms with Crippen LogP contribution in [0.15, 0.2) is 23.1 Å². The summed E-state index contributed by atoms with van der Waals surface area (Å²) in [6, 6.07) is 5.20. The number of nitrogens with one attached hydrogen (secondary N) is 1. The van der Waals surface area contributed by atoms with Gasteiger partial charge in [-0.2, -0.15) is 9.98 Å². The van der Waals surface area contributed by atoms with Gasteiger partial charge in [-0.05, 0) is 31.5 Å². The third kappa shape index (κ3) is 3.53. The minimum atomic E-state index is -3.88. The molecule has 0 saturated carbocycles. The fourth-order valence-corrected chi connectivity index (χ4v) is 2.94. The predicted octanol–water partition coefficient (Wildman–Crippen LogP) is 0.706. The van der Waals surface area contributed by atoms with E-state index in [1.54, 1.807) is 6.92 Å². The first kappa shape index (κ1) is 15.1. The SMILES string of the molecule is COC(=O)[C@H](C)NS(=O)(=O)c1cc(C#N)ccc1C. The molecule has 0 amide bonds. The third-order valence-corrected chi connectivity index (χ3v) is 4.18. The van der Waals surface area contributed by atoms with E-state index in [2.05, 4.69) is 9.46 Å². The van der Waals surface area contributed by atoms with Crippen molar-refractivity contribution in [3.05, 3.63) is 29.3 Å². The highest BCUT2D eigenvalue weighted by atomic mass is 32.2. The minimum Gasteiger partial charge on any atom is -0.468 e. The second kappa shape index (κ2) is 5.82. The number of esters is 1. The van der Waals surface area contributed by atoms with Gasteiger partial charge in [0.2, 0.25) is 10.0 Å². The number of nitriles is 1. The van der Waals surface area contributed by atoms with Gasteiger partial charge in [0.1, 0.15) is 6.04 Å². The fraction of sp³-hybridized carbons (Fsp3) is 0.333. The predicted molar refractivity (Wildman–Crippen MR) is 67.7 cm³/mol. The maximum atomic E-state index is 12.1. The highest BCUT2D eigenvalue weighted by molar-refractivity contribution is 7.89. The van der Waals surface area contributed by atoms with Gasteiger partial charge in [-0.25, -0.2) is 8.42 Å². The first-order chi connectivity index (χ1) is 8.81. The number of aryl methyl sites for hydroxylation is 1. The molecule has 0 bridgehead atoms. The number of benzene rings is 1. The van der Waals surface area contributed by atoms with Crippen LogP contribution in [0.3, 0.4) is 0 Å². The molecule has 0 fully saturated rings. The quantitative estimate of drug-likeness (QED) is 0.820. The number of methoxy groups -OCH3 is 1. The Hall–Kier alpha value is -1.91. The van der Waals surface area contributed by atoms with Crippen LogP contribution >= 0.6 is 0 Å². The van der Waals surface area contributed by atoms with Gasteiger partial charge in [0.05, 0.1) is 23.6 Å². The molecule has 0 heterocycles. The Morgan fingerprint density at radius 3 is 2.63 bits per heavy atom. The highest BCUT2D eigenvalue weighted by Gasteiger charge is 2.24. The van der Waals surface area contributed by atoms with E-state index < -0.39 is 22.0 Å². The van der Waals surface area contributed by atoms with Gasteiger partial charge in [0.25, 0.3) is 0 Å². The van der Waals surface area contributed by atoms with Crippen LogP contribution in [0.5, 0.6) is 0 Å². The topological polar surface area (TPSA) is 96.3 Å². The first-order valence-corrected chi connectivity index (χ1v) is 6.91. The molecular formula is C12H14N2O4S. The van der Waals surface area contributed by atoms with Crippen LogP contribution in [-0.2, 0) is 19.6 Å². The van der Waals surface area contributed by atoms with Crippen LogP contribution in [0.2, 0.25) is 0 Å². The zero-order valence-electron chi connectivity index (χ0n) is 10.8. The molecule has 0 saturated heterocycles. The summed E-state index contributed by atoms with van der Waals surface area (Å²) in [5.41, 5.74) is 0.722. The maximum absolute atomic E-state index is 12.1. The molecule has 0 aliphatic heterocycles. The summed E-state index contributed by atoms with van der Waals surface area (Å²) in [5, 5.41) is 8.79. The Balaban J connectivity index is 3.14. The molecule has 7 heteroatoms. The average molecular weight is 282 g/mol. The number of hydrogen-bond acceptors (Lipinski definition) is 5. The molecule has 6 nitrogen and oxygen atoms in total. The van der Waals surface area contributed by atoms with Gasteiger partial charge in [-0.3, -0.25) is 4.79 Å². The van der Waals surface area contributed by atoms with E-state index in [9.17, 15) is 13.2 Å². The van der Waals surface area contributed by atoms with E-state index in [0.717, 1.165) is 0 Å². The Morgan fingerprint density at radius 1 is 1.47 bits per heavy atom. The van der Waals surface area contributed by atoms with Crippen molar-refractivity contribution in [3.63, 3.8) is 0 Å². The molecule has 0 aromatic heterocycles. The molecule has 0 spiro atoms. The summed E-state index contributed by atoms with van der Waals surface area (Å²) in [4.78, 5) is 11.2. The fourth-order valence-electron chi connectivity index (χ4n) is 1.48. The van der Waals surface area contributed by atoms with Crippen molar-refractivity contribution in [2.45, 2.75) is 24.8 Å². The van der Waals surface area contributed by atoms with Crippen LogP contribution in [0.4, 0.5) is 0 Å². The highest BCUT2D eigenvalue weighted by Crippen LogP contribution is 2.17. The summed E-state index contributed by atoms with van der Waals surface area (Å²) in [6.07, 6.45) is 0. The Morgan fingerprint density at radius 2 is 2.11 bits per heavy atom. The average Bonchev–Trinajstić information content (AvgIpc) is 2.37. The van der Waals surface area contributed by atoms with Crippen molar-refractivity contribution in [2.24, 2.45) is 0 Å². The zero-order valence-corrected chi connectivity index (χ0v) is 11.6. The second-order valence-corrected chi connectivity index (χ2v) is 5.64. The maximum Gasteiger partial charge on any atom is 0.323 e. The van der Waals surface area contributed by atoms with Gasteiger partial charge < -0.3 is 4.74 Å². The van der Waals surface area contributed by atoms with Gasteiger partial charge in [-0.15, -0.1) is 0 Å². The van der Waals surface area contributed by atoms with Gasteiger partial charge in [0.15, 0.2) is 0 Å². The van der Waals surface area contributed by atoms with Crippen LogP contribution in [0, 0.1) is 18.3 Å². The van der Waals surface area contributed by atoms with Crippen molar-refractivity contribution in [1.29, 1.82) is 5.26 Å². The molecular weight excluding hydrogens is 268 g/mol. The second-order valence-electron chi connectivity index (χ2n) is 3.96. The standard InChI is InChI=1S/C12H14N2O4S/c1-8-4-5-10(7-13)6-11(8)19(16,17)14-9(2)12(15)18-3/h4-6,9,14H,1-3H3/t9-/m0/s1. The van der Waals surface area contributed by atoms with E-state index in [4.69, 9.17) is 5.26 Å². The lowest BCUT2D eigenvalue weighted by Crippen LogP contribution is -2.39. The summed E-state index contributed by atoms with van der Waals surface area (Å²) in [5.74, 6) is -0.683. The summed E-state index contributed by atoms with van der Waals surface area (Å²) < 4.78 is 30.9. The number of rotatable bonds is 4. The number of sulfonamides is 1. The summed E-state index contributed by atoms with van der Waals surface area (Å²) >= 11 is 0. The van der Waals surface area contributed by atoms with E-state index in [-0.39, 0.29) is 10.5 Å².